The van der Waals surface area contributed by atoms with Gasteiger partial charge in [0.2, 0.25) is 0 Å². The largest absolute Gasteiger partial charge is 0.492 e. The Bertz CT molecular complexity index is 604. The minimum atomic E-state index is 0.606. The molecule has 5 heteroatoms. The van der Waals surface area contributed by atoms with Gasteiger partial charge in [-0.2, -0.15) is 5.10 Å². The molecule has 0 unspecified atom stereocenters. The van der Waals surface area contributed by atoms with E-state index in [1.165, 1.54) is 5.56 Å². The van der Waals surface area contributed by atoms with Crippen LogP contribution in [0.2, 0.25) is 0 Å². The van der Waals surface area contributed by atoms with Crippen molar-refractivity contribution < 1.29 is 4.74 Å². The van der Waals surface area contributed by atoms with Crippen molar-refractivity contribution in [2.75, 3.05) is 17.7 Å². The number of nitrogen functional groups attached to an aromatic ring is 1. The topological polar surface area (TPSA) is 65.1 Å². The Balaban J connectivity index is 2.17. The van der Waals surface area contributed by atoms with Crippen LogP contribution in [-0.2, 0) is 13.6 Å². The van der Waals surface area contributed by atoms with Crippen molar-refractivity contribution in [2.45, 2.75) is 27.3 Å². The molecule has 0 aliphatic rings. The number of rotatable bonds is 5. The summed E-state index contributed by atoms with van der Waals surface area (Å²) in [5, 5.41) is 7.78. The number of benzene rings is 1. The fourth-order valence-electron chi connectivity index (χ4n) is 2.24. The van der Waals surface area contributed by atoms with E-state index >= 15 is 0 Å². The van der Waals surface area contributed by atoms with Gasteiger partial charge in [-0.05, 0) is 32.9 Å². The summed E-state index contributed by atoms with van der Waals surface area (Å²) in [6.45, 7) is 7.34. The molecule has 0 aliphatic carbocycles. The summed E-state index contributed by atoms with van der Waals surface area (Å²) < 4.78 is 7.39. The third kappa shape index (κ3) is 2.71. The Kier molecular flexibility index (Phi) is 4.17. The molecule has 1 aromatic carbocycles. The van der Waals surface area contributed by atoms with Crippen molar-refractivity contribution in [2.24, 2.45) is 7.05 Å². The number of para-hydroxylation sites is 1. The lowest BCUT2D eigenvalue weighted by atomic mass is 10.2. The maximum Gasteiger partial charge on any atom is 0.144 e. The summed E-state index contributed by atoms with van der Waals surface area (Å²) >= 11 is 0. The van der Waals surface area contributed by atoms with Crippen molar-refractivity contribution in [3.05, 3.63) is 35.2 Å². The van der Waals surface area contributed by atoms with Crippen LogP contribution in [0.4, 0.5) is 11.4 Å². The number of aryl methyl sites for hydroxylation is 2. The number of anilines is 2. The van der Waals surface area contributed by atoms with E-state index in [4.69, 9.17) is 10.5 Å². The van der Waals surface area contributed by atoms with Crippen LogP contribution in [-0.4, -0.2) is 16.4 Å². The highest BCUT2D eigenvalue weighted by molar-refractivity contribution is 5.73. The monoisotopic (exact) mass is 274 g/mol. The van der Waals surface area contributed by atoms with Crippen molar-refractivity contribution >= 4 is 11.4 Å². The summed E-state index contributed by atoms with van der Waals surface area (Å²) in [5.74, 6) is 0.720. The first-order chi connectivity index (χ1) is 9.54. The van der Waals surface area contributed by atoms with Crippen molar-refractivity contribution in [3.8, 4) is 5.75 Å². The van der Waals surface area contributed by atoms with Crippen molar-refractivity contribution in [1.29, 1.82) is 0 Å². The predicted octanol–water partition coefficient (Wildman–Crippen LogP) is 2.63. The summed E-state index contributed by atoms with van der Waals surface area (Å²) in [4.78, 5) is 0. The highest BCUT2D eigenvalue weighted by Crippen LogP contribution is 2.30. The molecule has 3 N–H and O–H groups in total. The second kappa shape index (κ2) is 5.86. The van der Waals surface area contributed by atoms with E-state index in [2.05, 4.69) is 17.3 Å². The fourth-order valence-corrected chi connectivity index (χ4v) is 2.24. The Morgan fingerprint density at radius 3 is 2.70 bits per heavy atom. The zero-order valence-electron chi connectivity index (χ0n) is 12.5. The number of hydrogen-bond donors (Lipinski definition) is 2. The number of nitrogens with two attached hydrogens (primary N) is 1. The lowest BCUT2D eigenvalue weighted by molar-refractivity contribution is 0.342. The highest BCUT2D eigenvalue weighted by atomic mass is 16.5. The number of ether oxygens (including phenoxy) is 1. The molecular weight excluding hydrogens is 252 g/mol. The molecule has 20 heavy (non-hydrogen) atoms. The zero-order valence-corrected chi connectivity index (χ0v) is 12.5. The predicted molar refractivity (Wildman–Crippen MR) is 82.0 cm³/mol. The number of hydrogen-bond acceptors (Lipinski definition) is 4. The third-order valence-electron chi connectivity index (χ3n) is 3.48. The molecule has 108 valence electrons. The minimum absolute atomic E-state index is 0.606. The SMILES string of the molecule is CCOc1cccc(NCc2c(C)nn(C)c2C)c1N. The maximum atomic E-state index is 6.11. The number of aromatic nitrogens is 2. The molecule has 5 nitrogen and oxygen atoms in total. The first-order valence-corrected chi connectivity index (χ1v) is 6.78. The number of nitrogens with one attached hydrogen (secondary N) is 1. The minimum Gasteiger partial charge on any atom is -0.492 e. The van der Waals surface area contributed by atoms with E-state index in [9.17, 15) is 0 Å². The molecule has 0 spiro atoms. The molecule has 0 radical (unpaired) electrons. The van der Waals surface area contributed by atoms with Crippen molar-refractivity contribution in [1.82, 2.24) is 9.78 Å². The van der Waals surface area contributed by atoms with Crippen LogP contribution in [0.25, 0.3) is 0 Å². The van der Waals surface area contributed by atoms with Gasteiger partial charge in [-0.1, -0.05) is 6.07 Å². The van der Waals surface area contributed by atoms with Crippen LogP contribution < -0.4 is 15.8 Å². The number of nitrogens with zero attached hydrogens (tertiary/aromatic N) is 2. The normalized spacial score (nSPS) is 10.6. The maximum absolute atomic E-state index is 6.11. The zero-order chi connectivity index (χ0) is 14.7. The smallest absolute Gasteiger partial charge is 0.144 e. The molecule has 0 fully saturated rings. The van der Waals surface area contributed by atoms with Gasteiger partial charge in [-0.25, -0.2) is 0 Å². The first kappa shape index (κ1) is 14.2. The van der Waals surface area contributed by atoms with Gasteiger partial charge in [0.05, 0.1) is 23.7 Å². The van der Waals surface area contributed by atoms with Crippen LogP contribution >= 0.6 is 0 Å². The Labute approximate surface area is 119 Å². The van der Waals surface area contributed by atoms with Gasteiger partial charge in [0, 0.05) is 24.8 Å². The molecular formula is C15H22N4O. The van der Waals surface area contributed by atoms with Crippen LogP contribution in [0.1, 0.15) is 23.9 Å². The van der Waals surface area contributed by atoms with E-state index in [0.29, 0.717) is 18.8 Å². The molecule has 2 rings (SSSR count). The summed E-state index contributed by atoms with van der Waals surface area (Å²) in [6, 6.07) is 5.77. The van der Waals surface area contributed by atoms with Gasteiger partial charge in [-0.15, -0.1) is 0 Å². The molecule has 0 amide bonds. The lowest BCUT2D eigenvalue weighted by Crippen LogP contribution is -2.06. The molecule has 2 aromatic rings. The summed E-state index contributed by atoms with van der Waals surface area (Å²) in [7, 11) is 1.95. The Hall–Kier alpha value is -2.17. The standard InChI is InChI=1S/C15H22N4O/c1-5-20-14-8-6-7-13(15(14)16)17-9-12-10(2)18-19(4)11(12)3/h6-8,17H,5,9,16H2,1-4H3. The fraction of sp³-hybridized carbons (Fsp3) is 0.400. The van der Waals surface area contributed by atoms with E-state index in [0.717, 1.165) is 22.8 Å². The second-order valence-corrected chi connectivity index (χ2v) is 4.78. The Morgan fingerprint density at radius 1 is 1.35 bits per heavy atom. The molecule has 0 atom stereocenters. The second-order valence-electron chi connectivity index (χ2n) is 4.78. The van der Waals surface area contributed by atoms with Gasteiger partial charge < -0.3 is 15.8 Å². The quantitative estimate of drug-likeness (QED) is 0.823. The van der Waals surface area contributed by atoms with Gasteiger partial charge in [0.15, 0.2) is 0 Å². The van der Waals surface area contributed by atoms with Gasteiger partial charge in [0.1, 0.15) is 5.75 Å². The third-order valence-corrected chi connectivity index (χ3v) is 3.48. The molecule has 0 saturated carbocycles. The van der Waals surface area contributed by atoms with Gasteiger partial charge in [-0.3, -0.25) is 4.68 Å². The van der Waals surface area contributed by atoms with Crippen LogP contribution in [0.3, 0.4) is 0 Å². The van der Waals surface area contributed by atoms with Gasteiger partial charge >= 0.3 is 0 Å². The van der Waals surface area contributed by atoms with Crippen LogP contribution in [0.15, 0.2) is 18.2 Å². The van der Waals surface area contributed by atoms with E-state index < -0.39 is 0 Å². The highest BCUT2D eigenvalue weighted by Gasteiger charge is 2.10. The van der Waals surface area contributed by atoms with E-state index in [1.54, 1.807) is 0 Å². The first-order valence-electron chi connectivity index (χ1n) is 6.78. The molecule has 0 saturated heterocycles. The van der Waals surface area contributed by atoms with E-state index in [-0.39, 0.29) is 0 Å². The molecule has 1 aromatic heterocycles. The molecule has 0 aliphatic heterocycles. The molecule has 0 bridgehead atoms. The summed E-state index contributed by atoms with van der Waals surface area (Å²) in [5.41, 5.74) is 11.0. The van der Waals surface area contributed by atoms with Crippen molar-refractivity contribution in [3.63, 3.8) is 0 Å². The van der Waals surface area contributed by atoms with Gasteiger partial charge in [0.25, 0.3) is 0 Å². The lowest BCUT2D eigenvalue weighted by Gasteiger charge is -2.13. The molecule has 1 heterocycles. The average Bonchev–Trinajstić information content (AvgIpc) is 2.65. The Morgan fingerprint density at radius 2 is 2.10 bits per heavy atom. The van der Waals surface area contributed by atoms with Crippen LogP contribution in [0.5, 0.6) is 5.75 Å². The van der Waals surface area contributed by atoms with Crippen LogP contribution in [0, 0.1) is 13.8 Å². The summed E-state index contributed by atoms with van der Waals surface area (Å²) in [6.07, 6.45) is 0. The van der Waals surface area contributed by atoms with E-state index in [1.807, 2.05) is 43.8 Å². The average molecular weight is 274 g/mol.